The number of hydrogen-bond donors (Lipinski definition) is 3. The first-order valence-corrected chi connectivity index (χ1v) is 6.43. The zero-order valence-corrected chi connectivity index (χ0v) is 11.4. The maximum Gasteiger partial charge on any atom is 0.143 e. The standard InChI is InChI=1S/C13H16ClFN4/c1-8-9(7-18-19-8)3-2-4-17-13-5-10(14)11(15)6-12(13)16/h5-7,17H,2-4,16H2,1H3,(H,18,19). The number of nitrogens with two attached hydrogens (primary N) is 1. The molecule has 2 aromatic rings. The van der Waals surface area contributed by atoms with Gasteiger partial charge in [0.2, 0.25) is 0 Å². The highest BCUT2D eigenvalue weighted by atomic mass is 35.5. The minimum absolute atomic E-state index is 0.0716. The molecule has 2 rings (SSSR count). The van der Waals surface area contributed by atoms with E-state index in [1.54, 1.807) is 0 Å². The molecule has 0 aliphatic heterocycles. The molecule has 6 heteroatoms. The highest BCUT2D eigenvalue weighted by Crippen LogP contribution is 2.26. The van der Waals surface area contributed by atoms with E-state index in [2.05, 4.69) is 15.5 Å². The predicted octanol–water partition coefficient (Wildman–Crippen LogP) is 3.14. The number of nitrogens with one attached hydrogen (secondary N) is 2. The van der Waals surface area contributed by atoms with Crippen LogP contribution >= 0.6 is 11.6 Å². The number of halogens is 2. The monoisotopic (exact) mass is 282 g/mol. The van der Waals surface area contributed by atoms with Crippen LogP contribution in [0.4, 0.5) is 15.8 Å². The molecule has 0 bridgehead atoms. The number of rotatable bonds is 5. The number of nitrogen functional groups attached to an aromatic ring is 1. The molecule has 4 N–H and O–H groups in total. The Labute approximate surface area is 116 Å². The first-order valence-electron chi connectivity index (χ1n) is 6.05. The van der Waals surface area contributed by atoms with Crippen molar-refractivity contribution in [1.82, 2.24) is 10.2 Å². The molecule has 102 valence electrons. The Balaban J connectivity index is 1.86. The summed E-state index contributed by atoms with van der Waals surface area (Å²) < 4.78 is 13.1. The topological polar surface area (TPSA) is 66.7 Å². The lowest BCUT2D eigenvalue weighted by atomic mass is 10.1. The van der Waals surface area contributed by atoms with Crippen LogP contribution in [0.2, 0.25) is 5.02 Å². The maximum absolute atomic E-state index is 13.1. The lowest BCUT2D eigenvalue weighted by Gasteiger charge is -2.10. The minimum atomic E-state index is -0.501. The van der Waals surface area contributed by atoms with E-state index in [4.69, 9.17) is 17.3 Å². The summed E-state index contributed by atoms with van der Waals surface area (Å²) in [5.41, 5.74) is 9.03. The molecule has 1 aromatic carbocycles. The van der Waals surface area contributed by atoms with Gasteiger partial charge < -0.3 is 11.1 Å². The number of H-pyrrole nitrogens is 1. The van der Waals surface area contributed by atoms with Gasteiger partial charge in [-0.3, -0.25) is 5.10 Å². The van der Waals surface area contributed by atoms with Crippen molar-refractivity contribution in [3.63, 3.8) is 0 Å². The van der Waals surface area contributed by atoms with Gasteiger partial charge in [0.15, 0.2) is 0 Å². The largest absolute Gasteiger partial charge is 0.397 e. The van der Waals surface area contributed by atoms with Crippen LogP contribution in [0.15, 0.2) is 18.3 Å². The van der Waals surface area contributed by atoms with Crippen molar-refractivity contribution in [2.45, 2.75) is 19.8 Å². The fraction of sp³-hybridized carbons (Fsp3) is 0.308. The number of aromatic nitrogens is 2. The number of benzene rings is 1. The molecule has 19 heavy (non-hydrogen) atoms. The van der Waals surface area contributed by atoms with E-state index in [9.17, 15) is 4.39 Å². The Bertz CT molecular complexity index is 568. The number of hydrogen-bond acceptors (Lipinski definition) is 3. The van der Waals surface area contributed by atoms with Gasteiger partial charge in [0, 0.05) is 18.3 Å². The number of nitrogens with zero attached hydrogens (tertiary/aromatic N) is 1. The minimum Gasteiger partial charge on any atom is -0.397 e. The van der Waals surface area contributed by atoms with Crippen molar-refractivity contribution in [3.8, 4) is 0 Å². The molecule has 0 radical (unpaired) electrons. The highest BCUT2D eigenvalue weighted by Gasteiger charge is 2.06. The van der Waals surface area contributed by atoms with Gasteiger partial charge in [0.1, 0.15) is 5.82 Å². The van der Waals surface area contributed by atoms with Crippen LogP contribution in [0.5, 0.6) is 0 Å². The zero-order chi connectivity index (χ0) is 13.8. The second-order valence-corrected chi connectivity index (χ2v) is 4.81. The molecule has 0 aliphatic rings. The molecule has 0 amide bonds. The van der Waals surface area contributed by atoms with E-state index < -0.39 is 5.82 Å². The van der Waals surface area contributed by atoms with Crippen molar-refractivity contribution in [3.05, 3.63) is 40.4 Å². The van der Waals surface area contributed by atoms with Crippen LogP contribution in [-0.4, -0.2) is 16.7 Å². The first kappa shape index (κ1) is 13.7. The van der Waals surface area contributed by atoms with Gasteiger partial charge in [0.05, 0.1) is 22.6 Å². The van der Waals surface area contributed by atoms with Crippen LogP contribution in [0, 0.1) is 12.7 Å². The van der Waals surface area contributed by atoms with Crippen molar-refractivity contribution in [1.29, 1.82) is 0 Å². The quantitative estimate of drug-likeness (QED) is 0.583. The van der Waals surface area contributed by atoms with Gasteiger partial charge in [-0.25, -0.2) is 4.39 Å². The third-order valence-electron chi connectivity index (χ3n) is 2.97. The van der Waals surface area contributed by atoms with Crippen molar-refractivity contribution in [2.75, 3.05) is 17.6 Å². The molecule has 0 spiro atoms. The van der Waals surface area contributed by atoms with Crippen molar-refractivity contribution < 1.29 is 4.39 Å². The summed E-state index contributed by atoms with van der Waals surface area (Å²) in [6, 6.07) is 2.74. The number of anilines is 2. The Morgan fingerprint density at radius 1 is 1.47 bits per heavy atom. The summed E-state index contributed by atoms with van der Waals surface area (Å²) in [5.74, 6) is -0.501. The Morgan fingerprint density at radius 3 is 2.95 bits per heavy atom. The molecule has 0 atom stereocenters. The van der Waals surface area contributed by atoms with Crippen LogP contribution < -0.4 is 11.1 Å². The summed E-state index contributed by atoms with van der Waals surface area (Å²) in [5, 5.41) is 10.1. The van der Waals surface area contributed by atoms with Gasteiger partial charge in [0.25, 0.3) is 0 Å². The Morgan fingerprint density at radius 2 is 2.26 bits per heavy atom. The third kappa shape index (κ3) is 3.38. The van der Waals surface area contributed by atoms with Crippen LogP contribution in [0.25, 0.3) is 0 Å². The summed E-state index contributed by atoms with van der Waals surface area (Å²) >= 11 is 5.72. The fourth-order valence-electron chi connectivity index (χ4n) is 1.84. The van der Waals surface area contributed by atoms with E-state index in [1.165, 1.54) is 17.7 Å². The molecule has 0 saturated heterocycles. The molecule has 0 aliphatic carbocycles. The van der Waals surface area contributed by atoms with Gasteiger partial charge in [-0.15, -0.1) is 0 Å². The second kappa shape index (κ2) is 5.93. The van der Waals surface area contributed by atoms with E-state index in [1.807, 2.05) is 13.1 Å². The highest BCUT2D eigenvalue weighted by molar-refractivity contribution is 6.31. The average Bonchev–Trinajstić information content (AvgIpc) is 2.77. The van der Waals surface area contributed by atoms with E-state index in [-0.39, 0.29) is 5.02 Å². The maximum atomic E-state index is 13.1. The van der Waals surface area contributed by atoms with E-state index >= 15 is 0 Å². The molecule has 0 fully saturated rings. The van der Waals surface area contributed by atoms with Crippen molar-refractivity contribution in [2.24, 2.45) is 0 Å². The number of aryl methyl sites for hydroxylation is 2. The molecule has 1 heterocycles. The van der Waals surface area contributed by atoms with Gasteiger partial charge in [-0.05, 0) is 31.4 Å². The van der Waals surface area contributed by atoms with Crippen LogP contribution in [-0.2, 0) is 6.42 Å². The molecule has 1 aromatic heterocycles. The first-order chi connectivity index (χ1) is 9.08. The molecule has 0 saturated carbocycles. The summed E-state index contributed by atoms with van der Waals surface area (Å²) in [4.78, 5) is 0. The number of aromatic amines is 1. The fourth-order valence-corrected chi connectivity index (χ4v) is 2.01. The SMILES string of the molecule is Cc1[nH]ncc1CCCNc1cc(Cl)c(F)cc1N. The summed E-state index contributed by atoms with van der Waals surface area (Å²) in [6.07, 6.45) is 3.68. The smallest absolute Gasteiger partial charge is 0.143 e. The lowest BCUT2D eigenvalue weighted by Crippen LogP contribution is -2.06. The molecule has 0 unspecified atom stereocenters. The lowest BCUT2D eigenvalue weighted by molar-refractivity contribution is 0.629. The zero-order valence-electron chi connectivity index (χ0n) is 10.6. The van der Waals surface area contributed by atoms with Crippen LogP contribution in [0.1, 0.15) is 17.7 Å². The van der Waals surface area contributed by atoms with Gasteiger partial charge in [-0.2, -0.15) is 5.10 Å². The van der Waals surface area contributed by atoms with Crippen LogP contribution in [0.3, 0.4) is 0 Å². The summed E-state index contributed by atoms with van der Waals surface area (Å²) in [7, 11) is 0. The van der Waals surface area contributed by atoms with E-state index in [0.717, 1.165) is 25.1 Å². The normalized spacial score (nSPS) is 10.7. The predicted molar refractivity (Wildman–Crippen MR) is 76.0 cm³/mol. The second-order valence-electron chi connectivity index (χ2n) is 4.40. The van der Waals surface area contributed by atoms with E-state index in [0.29, 0.717) is 11.4 Å². The molecular weight excluding hydrogens is 267 g/mol. The molecule has 4 nitrogen and oxygen atoms in total. The van der Waals surface area contributed by atoms with Gasteiger partial charge >= 0.3 is 0 Å². The average molecular weight is 283 g/mol. The summed E-state index contributed by atoms with van der Waals surface area (Å²) in [6.45, 7) is 2.73. The Hall–Kier alpha value is -1.75. The molecular formula is C13H16ClFN4. The van der Waals surface area contributed by atoms with Crippen molar-refractivity contribution >= 4 is 23.0 Å². The van der Waals surface area contributed by atoms with Gasteiger partial charge in [-0.1, -0.05) is 11.6 Å². The third-order valence-corrected chi connectivity index (χ3v) is 3.25. The Kier molecular flexibility index (Phi) is 4.27.